The number of nitrogens with one attached hydrogen (secondary N) is 1. The van der Waals surface area contributed by atoms with Crippen molar-refractivity contribution in [2.45, 2.75) is 25.5 Å². The van der Waals surface area contributed by atoms with Crippen molar-refractivity contribution in [2.75, 3.05) is 19.6 Å². The van der Waals surface area contributed by atoms with E-state index in [1.54, 1.807) is 6.20 Å². The van der Waals surface area contributed by atoms with Gasteiger partial charge in [0, 0.05) is 31.4 Å². The SMILES string of the molecule is O=C(NCc1ccccn1)c1ccc(OC2CCN(CC=Cc3ccccc3)CC2)cc1. The molecule has 0 saturated carbocycles. The molecular formula is C27H29N3O2. The molecule has 3 aromatic rings. The number of amides is 1. The van der Waals surface area contributed by atoms with Crippen LogP contribution in [0.25, 0.3) is 6.08 Å². The minimum Gasteiger partial charge on any atom is -0.490 e. The van der Waals surface area contributed by atoms with Crippen LogP contribution in [0.2, 0.25) is 0 Å². The Balaban J connectivity index is 1.19. The van der Waals surface area contributed by atoms with Crippen molar-refractivity contribution in [3.05, 3.63) is 102 Å². The number of benzene rings is 2. The first-order valence-corrected chi connectivity index (χ1v) is 11.1. The lowest BCUT2D eigenvalue weighted by atomic mass is 10.1. The number of carbonyl (C=O) groups is 1. The lowest BCUT2D eigenvalue weighted by Crippen LogP contribution is -2.38. The molecule has 0 aliphatic carbocycles. The van der Waals surface area contributed by atoms with Gasteiger partial charge in [0.2, 0.25) is 0 Å². The van der Waals surface area contributed by atoms with Crippen molar-refractivity contribution in [3.63, 3.8) is 0 Å². The van der Waals surface area contributed by atoms with Crippen molar-refractivity contribution < 1.29 is 9.53 Å². The van der Waals surface area contributed by atoms with Crippen LogP contribution in [0.5, 0.6) is 5.75 Å². The van der Waals surface area contributed by atoms with Gasteiger partial charge in [-0.25, -0.2) is 0 Å². The van der Waals surface area contributed by atoms with Gasteiger partial charge < -0.3 is 10.1 Å². The first kappa shape index (κ1) is 21.8. The van der Waals surface area contributed by atoms with Gasteiger partial charge in [0.1, 0.15) is 11.9 Å². The maximum Gasteiger partial charge on any atom is 0.251 e. The van der Waals surface area contributed by atoms with Crippen LogP contribution in [0, 0.1) is 0 Å². The number of hydrogen-bond acceptors (Lipinski definition) is 4. The number of pyridine rings is 1. The zero-order chi connectivity index (χ0) is 22.0. The standard InChI is InChI=1S/C27H29N3O2/c31-27(29-21-24-10-4-5-17-28-24)23-11-13-25(14-12-23)32-26-15-19-30(20-16-26)18-6-9-22-7-2-1-3-8-22/h1-14,17,26H,15-16,18-21H2,(H,29,31). The zero-order valence-electron chi connectivity index (χ0n) is 18.2. The molecule has 2 aromatic carbocycles. The van der Waals surface area contributed by atoms with E-state index in [1.807, 2.05) is 48.5 Å². The third kappa shape index (κ3) is 6.53. The summed E-state index contributed by atoms with van der Waals surface area (Å²) in [7, 11) is 0. The number of piperidine rings is 1. The van der Waals surface area contributed by atoms with E-state index in [-0.39, 0.29) is 12.0 Å². The maximum absolute atomic E-state index is 12.3. The Hall–Kier alpha value is -3.44. The van der Waals surface area contributed by atoms with Crippen LogP contribution in [0.4, 0.5) is 0 Å². The normalized spacial score (nSPS) is 15.0. The molecule has 32 heavy (non-hydrogen) atoms. The highest BCUT2D eigenvalue weighted by Gasteiger charge is 2.19. The molecule has 1 aliphatic heterocycles. The van der Waals surface area contributed by atoms with Crippen LogP contribution in [0.3, 0.4) is 0 Å². The van der Waals surface area contributed by atoms with Gasteiger partial charge >= 0.3 is 0 Å². The topological polar surface area (TPSA) is 54.5 Å². The van der Waals surface area contributed by atoms with Crippen LogP contribution in [0.1, 0.15) is 34.5 Å². The summed E-state index contributed by atoms with van der Waals surface area (Å²) in [5, 5.41) is 2.89. The molecule has 5 heteroatoms. The van der Waals surface area contributed by atoms with Crippen molar-refractivity contribution in [1.29, 1.82) is 0 Å². The fourth-order valence-corrected chi connectivity index (χ4v) is 3.76. The largest absolute Gasteiger partial charge is 0.490 e. The molecule has 1 N–H and O–H groups in total. The quantitative estimate of drug-likeness (QED) is 0.572. The van der Waals surface area contributed by atoms with Crippen LogP contribution in [-0.2, 0) is 6.54 Å². The Morgan fingerprint density at radius 1 is 1.00 bits per heavy atom. The highest BCUT2D eigenvalue weighted by molar-refractivity contribution is 5.94. The molecule has 1 saturated heterocycles. The number of nitrogens with zero attached hydrogens (tertiary/aromatic N) is 2. The van der Waals surface area contributed by atoms with Gasteiger partial charge in [-0.05, 0) is 54.8 Å². The molecule has 0 bridgehead atoms. The average molecular weight is 428 g/mol. The number of ether oxygens (including phenoxy) is 1. The van der Waals surface area contributed by atoms with Crippen LogP contribution in [0.15, 0.2) is 85.1 Å². The molecule has 1 aromatic heterocycles. The molecule has 1 amide bonds. The molecule has 0 atom stereocenters. The van der Waals surface area contributed by atoms with Gasteiger partial charge in [-0.15, -0.1) is 0 Å². The average Bonchev–Trinajstić information content (AvgIpc) is 2.85. The van der Waals surface area contributed by atoms with E-state index < -0.39 is 0 Å². The number of likely N-dealkylation sites (tertiary alicyclic amines) is 1. The fourth-order valence-electron chi connectivity index (χ4n) is 3.76. The summed E-state index contributed by atoms with van der Waals surface area (Å²) < 4.78 is 6.16. The summed E-state index contributed by atoms with van der Waals surface area (Å²) in [5.41, 5.74) is 2.69. The number of aromatic nitrogens is 1. The van der Waals surface area contributed by atoms with Crippen molar-refractivity contribution in [3.8, 4) is 5.75 Å². The summed E-state index contributed by atoms with van der Waals surface area (Å²) in [5.74, 6) is 0.702. The molecule has 164 valence electrons. The lowest BCUT2D eigenvalue weighted by Gasteiger charge is -2.31. The molecule has 2 heterocycles. The Labute approximate surface area is 189 Å². The van der Waals surface area contributed by atoms with Crippen LogP contribution >= 0.6 is 0 Å². The summed E-state index contributed by atoms with van der Waals surface area (Å²) in [6.45, 7) is 3.43. The molecule has 1 aliphatic rings. The Morgan fingerprint density at radius 2 is 1.75 bits per heavy atom. The van der Waals surface area contributed by atoms with E-state index >= 15 is 0 Å². The van der Waals surface area contributed by atoms with Crippen LogP contribution < -0.4 is 10.1 Å². The molecule has 1 fully saturated rings. The molecule has 0 radical (unpaired) electrons. The predicted molar refractivity (Wildman–Crippen MR) is 127 cm³/mol. The van der Waals surface area contributed by atoms with E-state index in [4.69, 9.17) is 4.74 Å². The summed E-state index contributed by atoms with van der Waals surface area (Å²) in [6.07, 6.45) is 8.36. The molecule has 4 rings (SSSR count). The number of hydrogen-bond donors (Lipinski definition) is 1. The van der Waals surface area contributed by atoms with Gasteiger partial charge in [0.05, 0.1) is 12.2 Å². The van der Waals surface area contributed by atoms with Crippen molar-refractivity contribution in [1.82, 2.24) is 15.2 Å². The Bertz CT molecular complexity index is 996. The second-order valence-corrected chi connectivity index (χ2v) is 7.96. The van der Waals surface area contributed by atoms with E-state index in [0.717, 1.165) is 43.9 Å². The molecular weight excluding hydrogens is 398 g/mol. The third-order valence-electron chi connectivity index (χ3n) is 5.58. The first-order valence-electron chi connectivity index (χ1n) is 11.1. The molecule has 0 spiro atoms. The summed E-state index contributed by atoms with van der Waals surface area (Å²) in [4.78, 5) is 19.0. The van der Waals surface area contributed by atoms with Crippen molar-refractivity contribution in [2.24, 2.45) is 0 Å². The van der Waals surface area contributed by atoms with E-state index in [1.165, 1.54) is 5.56 Å². The monoisotopic (exact) mass is 427 g/mol. The van der Waals surface area contributed by atoms with Gasteiger partial charge in [0.25, 0.3) is 5.91 Å². The highest BCUT2D eigenvalue weighted by Crippen LogP contribution is 2.20. The maximum atomic E-state index is 12.3. The van der Waals surface area contributed by atoms with Gasteiger partial charge in [-0.2, -0.15) is 0 Å². The summed E-state index contributed by atoms with van der Waals surface area (Å²) in [6, 6.07) is 23.4. The molecule has 5 nitrogen and oxygen atoms in total. The van der Waals surface area contributed by atoms with Gasteiger partial charge in [-0.3, -0.25) is 14.7 Å². The fraction of sp³-hybridized carbons (Fsp3) is 0.259. The Morgan fingerprint density at radius 3 is 2.47 bits per heavy atom. The van der Waals surface area contributed by atoms with E-state index in [2.05, 4.69) is 51.6 Å². The smallest absolute Gasteiger partial charge is 0.251 e. The third-order valence-corrected chi connectivity index (χ3v) is 5.58. The number of carbonyl (C=O) groups excluding carboxylic acids is 1. The van der Waals surface area contributed by atoms with Gasteiger partial charge in [-0.1, -0.05) is 48.6 Å². The highest BCUT2D eigenvalue weighted by atomic mass is 16.5. The zero-order valence-corrected chi connectivity index (χ0v) is 18.2. The first-order chi connectivity index (χ1) is 15.8. The minimum absolute atomic E-state index is 0.112. The predicted octanol–water partition coefficient (Wildman–Crippen LogP) is 4.57. The Kier molecular flexibility index (Phi) is 7.66. The second kappa shape index (κ2) is 11.3. The lowest BCUT2D eigenvalue weighted by molar-refractivity contribution is 0.0950. The van der Waals surface area contributed by atoms with Crippen LogP contribution in [-0.4, -0.2) is 41.5 Å². The number of rotatable bonds is 8. The van der Waals surface area contributed by atoms with Crippen molar-refractivity contribution >= 4 is 12.0 Å². The molecule has 0 unspecified atom stereocenters. The second-order valence-electron chi connectivity index (χ2n) is 7.96. The van der Waals surface area contributed by atoms with E-state index in [0.29, 0.717) is 12.1 Å². The summed E-state index contributed by atoms with van der Waals surface area (Å²) >= 11 is 0. The minimum atomic E-state index is -0.112. The van der Waals surface area contributed by atoms with E-state index in [9.17, 15) is 4.79 Å². The van der Waals surface area contributed by atoms with Gasteiger partial charge in [0.15, 0.2) is 0 Å².